The van der Waals surface area contributed by atoms with Crippen LogP contribution in [0.4, 0.5) is 0 Å². The molecule has 0 bridgehead atoms. The summed E-state index contributed by atoms with van der Waals surface area (Å²) >= 11 is 3.52. The Morgan fingerprint density at radius 3 is 2.38 bits per heavy atom. The van der Waals surface area contributed by atoms with Crippen molar-refractivity contribution in [1.82, 2.24) is 0 Å². The highest BCUT2D eigenvalue weighted by atomic mass is 79.9. The molecule has 3 heteroatoms. The topological polar surface area (TPSA) is 35.2 Å². The van der Waals surface area contributed by atoms with Gasteiger partial charge in [-0.2, -0.15) is 0 Å². The number of rotatable bonds is 5. The van der Waals surface area contributed by atoms with Crippen molar-refractivity contribution in [2.45, 2.75) is 39.2 Å². The molecular weight excluding hydrogens is 326 g/mol. The molecule has 2 aromatic rings. The molecule has 21 heavy (non-hydrogen) atoms. The lowest BCUT2D eigenvalue weighted by atomic mass is 10.0. The molecule has 2 nitrogen and oxygen atoms in total. The standard InChI is InChI=1S/C18H22BrNO/c1-4-16(20)14-7-5-6-8-17(14)21-18-10-9-13(19)11-15(18)12(2)3/h5-12,16H,4,20H2,1-3H3/t16-/m1/s1. The first-order valence-electron chi connectivity index (χ1n) is 7.34. The average molecular weight is 348 g/mol. The van der Waals surface area contributed by atoms with E-state index in [4.69, 9.17) is 10.5 Å². The summed E-state index contributed by atoms with van der Waals surface area (Å²) in [6.45, 7) is 6.41. The Morgan fingerprint density at radius 2 is 1.71 bits per heavy atom. The summed E-state index contributed by atoms with van der Waals surface area (Å²) < 4.78 is 7.25. The molecule has 2 aromatic carbocycles. The molecule has 0 saturated heterocycles. The summed E-state index contributed by atoms with van der Waals surface area (Å²) in [5.41, 5.74) is 8.42. The molecule has 2 rings (SSSR count). The van der Waals surface area contributed by atoms with Gasteiger partial charge in [0.2, 0.25) is 0 Å². The Hall–Kier alpha value is -1.32. The monoisotopic (exact) mass is 347 g/mol. The molecule has 1 atom stereocenters. The molecule has 0 saturated carbocycles. The number of hydrogen-bond acceptors (Lipinski definition) is 2. The van der Waals surface area contributed by atoms with Gasteiger partial charge in [0.25, 0.3) is 0 Å². The van der Waals surface area contributed by atoms with Gasteiger partial charge in [-0.1, -0.05) is 54.9 Å². The Morgan fingerprint density at radius 1 is 1.05 bits per heavy atom. The van der Waals surface area contributed by atoms with Crippen LogP contribution in [0.1, 0.15) is 50.3 Å². The largest absolute Gasteiger partial charge is 0.457 e. The molecule has 2 N–H and O–H groups in total. The summed E-state index contributed by atoms with van der Waals surface area (Å²) in [6.07, 6.45) is 0.887. The zero-order chi connectivity index (χ0) is 15.4. The second-order valence-corrected chi connectivity index (χ2v) is 6.41. The maximum atomic E-state index is 6.18. The molecule has 0 aromatic heterocycles. The second kappa shape index (κ2) is 7.10. The van der Waals surface area contributed by atoms with Crippen molar-refractivity contribution in [3.8, 4) is 11.5 Å². The van der Waals surface area contributed by atoms with Gasteiger partial charge in [0.05, 0.1) is 0 Å². The highest BCUT2D eigenvalue weighted by Crippen LogP contribution is 2.35. The van der Waals surface area contributed by atoms with E-state index in [0.29, 0.717) is 5.92 Å². The van der Waals surface area contributed by atoms with E-state index in [0.717, 1.165) is 28.0 Å². The van der Waals surface area contributed by atoms with Crippen LogP contribution < -0.4 is 10.5 Å². The van der Waals surface area contributed by atoms with E-state index in [2.05, 4.69) is 42.8 Å². The van der Waals surface area contributed by atoms with E-state index in [9.17, 15) is 0 Å². The van der Waals surface area contributed by atoms with Crippen LogP contribution in [0.5, 0.6) is 11.5 Å². The molecule has 0 aliphatic heterocycles. The van der Waals surface area contributed by atoms with Crippen LogP contribution in [0.2, 0.25) is 0 Å². The van der Waals surface area contributed by atoms with Gasteiger partial charge < -0.3 is 10.5 Å². The lowest BCUT2D eigenvalue weighted by Crippen LogP contribution is -2.10. The van der Waals surface area contributed by atoms with E-state index in [-0.39, 0.29) is 6.04 Å². The normalized spacial score (nSPS) is 12.5. The van der Waals surface area contributed by atoms with Crippen LogP contribution >= 0.6 is 15.9 Å². The number of nitrogens with two attached hydrogens (primary N) is 1. The van der Waals surface area contributed by atoms with Gasteiger partial charge >= 0.3 is 0 Å². The predicted molar refractivity (Wildman–Crippen MR) is 92.0 cm³/mol. The van der Waals surface area contributed by atoms with Gasteiger partial charge in [-0.3, -0.25) is 0 Å². The number of halogens is 1. The molecule has 0 aliphatic carbocycles. The Kier molecular flexibility index (Phi) is 5.43. The minimum atomic E-state index is -0.000789. The number of ether oxygens (including phenoxy) is 1. The number of hydrogen-bond donors (Lipinski definition) is 1. The molecule has 112 valence electrons. The first kappa shape index (κ1) is 16.1. The lowest BCUT2D eigenvalue weighted by molar-refractivity contribution is 0.460. The summed E-state index contributed by atoms with van der Waals surface area (Å²) in [7, 11) is 0. The summed E-state index contributed by atoms with van der Waals surface area (Å²) in [5, 5.41) is 0. The fourth-order valence-electron chi connectivity index (χ4n) is 2.28. The van der Waals surface area contributed by atoms with Crippen molar-refractivity contribution >= 4 is 15.9 Å². The number of para-hydroxylation sites is 1. The minimum absolute atomic E-state index is 0.000789. The smallest absolute Gasteiger partial charge is 0.132 e. The Balaban J connectivity index is 2.39. The first-order valence-corrected chi connectivity index (χ1v) is 8.14. The third-order valence-corrected chi connectivity index (χ3v) is 4.07. The van der Waals surface area contributed by atoms with Crippen LogP contribution in [0.15, 0.2) is 46.9 Å². The fourth-order valence-corrected chi connectivity index (χ4v) is 2.66. The van der Waals surface area contributed by atoms with E-state index >= 15 is 0 Å². The fraction of sp³-hybridized carbons (Fsp3) is 0.333. The Labute approximate surface area is 135 Å². The van der Waals surface area contributed by atoms with Gasteiger partial charge in [-0.25, -0.2) is 0 Å². The summed E-state index contributed by atoms with van der Waals surface area (Å²) in [5.74, 6) is 2.13. The van der Waals surface area contributed by atoms with Gasteiger partial charge in [0.15, 0.2) is 0 Å². The van der Waals surface area contributed by atoms with Crippen molar-refractivity contribution in [2.24, 2.45) is 5.73 Å². The second-order valence-electron chi connectivity index (χ2n) is 5.49. The van der Waals surface area contributed by atoms with Gasteiger partial charge in [0.1, 0.15) is 11.5 Å². The molecule has 0 amide bonds. The third kappa shape index (κ3) is 3.86. The van der Waals surface area contributed by atoms with Crippen molar-refractivity contribution in [3.05, 3.63) is 58.1 Å². The van der Waals surface area contributed by atoms with Crippen LogP contribution in [0.25, 0.3) is 0 Å². The van der Waals surface area contributed by atoms with Gasteiger partial charge in [-0.15, -0.1) is 0 Å². The Bertz CT molecular complexity index is 610. The maximum Gasteiger partial charge on any atom is 0.132 e. The quantitative estimate of drug-likeness (QED) is 0.744. The van der Waals surface area contributed by atoms with Gasteiger partial charge in [-0.05, 0) is 42.2 Å². The van der Waals surface area contributed by atoms with E-state index in [1.807, 2.05) is 36.4 Å². The predicted octanol–water partition coefficient (Wildman–Crippen LogP) is 5.77. The molecule has 0 heterocycles. The molecule has 0 spiro atoms. The van der Waals surface area contributed by atoms with Crippen molar-refractivity contribution in [2.75, 3.05) is 0 Å². The maximum absolute atomic E-state index is 6.18. The van der Waals surface area contributed by atoms with Crippen LogP contribution in [0, 0.1) is 0 Å². The minimum Gasteiger partial charge on any atom is -0.457 e. The lowest BCUT2D eigenvalue weighted by Gasteiger charge is -2.18. The van der Waals surface area contributed by atoms with Crippen molar-refractivity contribution in [3.63, 3.8) is 0 Å². The van der Waals surface area contributed by atoms with E-state index in [1.165, 1.54) is 5.56 Å². The number of benzene rings is 2. The summed E-state index contributed by atoms with van der Waals surface area (Å²) in [4.78, 5) is 0. The van der Waals surface area contributed by atoms with Crippen molar-refractivity contribution < 1.29 is 4.74 Å². The summed E-state index contributed by atoms with van der Waals surface area (Å²) in [6, 6.07) is 14.1. The van der Waals surface area contributed by atoms with Crippen LogP contribution in [-0.2, 0) is 0 Å². The molecule has 0 aliphatic rings. The molecule has 0 radical (unpaired) electrons. The van der Waals surface area contributed by atoms with Crippen molar-refractivity contribution in [1.29, 1.82) is 0 Å². The SMILES string of the molecule is CC[C@@H](N)c1ccccc1Oc1ccc(Br)cc1C(C)C. The molecular formula is C18H22BrNO. The highest BCUT2D eigenvalue weighted by molar-refractivity contribution is 9.10. The van der Waals surface area contributed by atoms with E-state index in [1.54, 1.807) is 0 Å². The zero-order valence-corrected chi connectivity index (χ0v) is 14.4. The molecule has 0 unspecified atom stereocenters. The van der Waals surface area contributed by atoms with E-state index < -0.39 is 0 Å². The molecule has 0 fully saturated rings. The third-order valence-electron chi connectivity index (χ3n) is 3.57. The first-order chi connectivity index (χ1) is 10.0. The van der Waals surface area contributed by atoms with Crippen LogP contribution in [0.3, 0.4) is 0 Å². The highest BCUT2D eigenvalue weighted by Gasteiger charge is 2.14. The zero-order valence-electron chi connectivity index (χ0n) is 12.8. The van der Waals surface area contributed by atoms with Crippen LogP contribution in [-0.4, -0.2) is 0 Å². The van der Waals surface area contributed by atoms with Gasteiger partial charge in [0, 0.05) is 16.1 Å². The average Bonchev–Trinajstić information content (AvgIpc) is 2.48.